The van der Waals surface area contributed by atoms with E-state index in [9.17, 15) is 13.6 Å². The summed E-state index contributed by atoms with van der Waals surface area (Å²) in [6.07, 6.45) is 1.14. The van der Waals surface area contributed by atoms with Crippen molar-refractivity contribution >= 4 is 5.97 Å². The zero-order valence-electron chi connectivity index (χ0n) is 13.2. The normalized spacial score (nSPS) is 24.5. The molecular weight excluding hydrogens is 300 g/mol. The number of rotatable bonds is 4. The van der Waals surface area contributed by atoms with Crippen LogP contribution in [0.3, 0.4) is 0 Å². The minimum atomic E-state index is -2.59. The Morgan fingerprint density at radius 2 is 1.87 bits per heavy atom. The lowest BCUT2D eigenvalue weighted by atomic mass is 9.94. The number of hydrogen-bond acceptors (Lipinski definition) is 3. The van der Waals surface area contributed by atoms with Crippen molar-refractivity contribution in [2.75, 3.05) is 13.1 Å². The second-order valence-electron chi connectivity index (χ2n) is 6.65. The van der Waals surface area contributed by atoms with Crippen molar-refractivity contribution in [3.63, 3.8) is 0 Å². The Hall–Kier alpha value is -1.49. The fourth-order valence-electron chi connectivity index (χ4n) is 3.37. The zero-order chi connectivity index (χ0) is 16.3. The van der Waals surface area contributed by atoms with Gasteiger partial charge in [-0.1, -0.05) is 24.3 Å². The first-order chi connectivity index (χ1) is 11.0. The Morgan fingerprint density at radius 1 is 1.17 bits per heavy atom. The van der Waals surface area contributed by atoms with Crippen LogP contribution in [0.4, 0.5) is 8.78 Å². The molecule has 23 heavy (non-hydrogen) atoms. The van der Waals surface area contributed by atoms with Crippen LogP contribution in [0.5, 0.6) is 0 Å². The minimum Gasteiger partial charge on any atom is -0.462 e. The molecule has 1 N–H and O–H groups in total. The standard InChI is InChI=1S/C18H23F2NO2/c19-18(20)8-5-16(6-9-18)23-17(22)11-13-1-3-14(4-2-13)15-7-10-21-12-15/h1-4,15-16,21H,5-12H2. The lowest BCUT2D eigenvalue weighted by molar-refractivity contribution is -0.154. The summed E-state index contributed by atoms with van der Waals surface area (Å²) in [5.41, 5.74) is 2.20. The summed E-state index contributed by atoms with van der Waals surface area (Å²) in [6.45, 7) is 2.06. The highest BCUT2D eigenvalue weighted by molar-refractivity contribution is 5.72. The molecule has 1 atom stereocenters. The summed E-state index contributed by atoms with van der Waals surface area (Å²) in [4.78, 5) is 12.0. The van der Waals surface area contributed by atoms with Crippen molar-refractivity contribution in [1.82, 2.24) is 5.32 Å². The molecule has 3 rings (SSSR count). The highest BCUT2D eigenvalue weighted by Gasteiger charge is 2.36. The maximum absolute atomic E-state index is 13.1. The Balaban J connectivity index is 1.48. The summed E-state index contributed by atoms with van der Waals surface area (Å²) < 4.78 is 31.5. The van der Waals surface area contributed by atoms with E-state index in [1.54, 1.807) is 0 Å². The molecule has 126 valence electrons. The first kappa shape index (κ1) is 16.4. The predicted molar refractivity (Wildman–Crippen MR) is 83.7 cm³/mol. The Labute approximate surface area is 135 Å². The molecule has 1 aliphatic heterocycles. The van der Waals surface area contributed by atoms with E-state index < -0.39 is 5.92 Å². The molecule has 0 aromatic heterocycles. The minimum absolute atomic E-state index is 0.185. The average molecular weight is 323 g/mol. The van der Waals surface area contributed by atoms with Gasteiger partial charge in [0, 0.05) is 19.4 Å². The van der Waals surface area contributed by atoms with Gasteiger partial charge >= 0.3 is 5.97 Å². The van der Waals surface area contributed by atoms with E-state index in [1.807, 2.05) is 12.1 Å². The van der Waals surface area contributed by atoms with Crippen LogP contribution in [0.1, 0.15) is 49.1 Å². The topological polar surface area (TPSA) is 38.3 Å². The molecule has 2 aliphatic rings. The zero-order valence-corrected chi connectivity index (χ0v) is 13.2. The fourth-order valence-corrected chi connectivity index (χ4v) is 3.37. The molecule has 1 unspecified atom stereocenters. The van der Waals surface area contributed by atoms with Crippen LogP contribution in [0.15, 0.2) is 24.3 Å². The smallest absolute Gasteiger partial charge is 0.310 e. The largest absolute Gasteiger partial charge is 0.462 e. The average Bonchev–Trinajstić information content (AvgIpc) is 3.04. The predicted octanol–water partition coefficient (Wildman–Crippen LogP) is 3.43. The van der Waals surface area contributed by atoms with Crippen LogP contribution in [0, 0.1) is 0 Å². The Kier molecular flexibility index (Phi) is 4.95. The number of ether oxygens (including phenoxy) is 1. The molecule has 3 nitrogen and oxygen atoms in total. The van der Waals surface area contributed by atoms with Gasteiger partial charge in [-0.15, -0.1) is 0 Å². The Bertz CT molecular complexity index is 528. The number of benzene rings is 1. The van der Waals surface area contributed by atoms with Crippen LogP contribution in [0.2, 0.25) is 0 Å². The van der Waals surface area contributed by atoms with Gasteiger partial charge in [0.2, 0.25) is 5.92 Å². The number of carbonyl (C=O) groups excluding carboxylic acids is 1. The number of alkyl halides is 2. The molecule has 1 heterocycles. The molecule has 0 bridgehead atoms. The van der Waals surface area contributed by atoms with Crippen LogP contribution < -0.4 is 5.32 Å². The van der Waals surface area contributed by atoms with Gasteiger partial charge in [-0.3, -0.25) is 4.79 Å². The molecular formula is C18H23F2NO2. The molecule has 1 saturated heterocycles. The van der Waals surface area contributed by atoms with Crippen molar-refractivity contribution in [2.24, 2.45) is 0 Å². The van der Waals surface area contributed by atoms with Gasteiger partial charge in [-0.05, 0) is 42.9 Å². The van der Waals surface area contributed by atoms with E-state index in [2.05, 4.69) is 17.4 Å². The second kappa shape index (κ2) is 6.95. The van der Waals surface area contributed by atoms with E-state index in [4.69, 9.17) is 4.74 Å². The first-order valence-corrected chi connectivity index (χ1v) is 8.39. The molecule has 0 amide bonds. The van der Waals surface area contributed by atoms with Crippen molar-refractivity contribution in [1.29, 1.82) is 0 Å². The number of hydrogen-bond donors (Lipinski definition) is 1. The molecule has 1 aliphatic carbocycles. The molecule has 0 radical (unpaired) electrons. The van der Waals surface area contributed by atoms with Gasteiger partial charge in [0.15, 0.2) is 0 Å². The van der Waals surface area contributed by atoms with Crippen LogP contribution >= 0.6 is 0 Å². The lowest BCUT2D eigenvalue weighted by Crippen LogP contribution is -2.30. The summed E-state index contributed by atoms with van der Waals surface area (Å²) >= 11 is 0. The van der Waals surface area contributed by atoms with Crippen molar-refractivity contribution in [2.45, 2.75) is 56.5 Å². The summed E-state index contributed by atoms with van der Waals surface area (Å²) in [7, 11) is 0. The number of carbonyl (C=O) groups is 1. The summed E-state index contributed by atoms with van der Waals surface area (Å²) in [5.74, 6) is -2.36. The molecule has 1 saturated carbocycles. The van der Waals surface area contributed by atoms with Crippen LogP contribution in [-0.2, 0) is 16.0 Å². The fraction of sp³-hybridized carbons (Fsp3) is 0.611. The van der Waals surface area contributed by atoms with E-state index in [-0.39, 0.29) is 44.2 Å². The first-order valence-electron chi connectivity index (χ1n) is 8.39. The van der Waals surface area contributed by atoms with Crippen molar-refractivity contribution in [3.8, 4) is 0 Å². The van der Waals surface area contributed by atoms with Gasteiger partial charge in [0.05, 0.1) is 6.42 Å². The third kappa shape index (κ3) is 4.50. The second-order valence-corrected chi connectivity index (χ2v) is 6.65. The maximum atomic E-state index is 13.1. The third-order valence-electron chi connectivity index (χ3n) is 4.82. The van der Waals surface area contributed by atoms with E-state index >= 15 is 0 Å². The van der Waals surface area contributed by atoms with Crippen LogP contribution in [-0.4, -0.2) is 31.1 Å². The van der Waals surface area contributed by atoms with Crippen molar-refractivity contribution in [3.05, 3.63) is 35.4 Å². The molecule has 5 heteroatoms. The van der Waals surface area contributed by atoms with E-state index in [0.29, 0.717) is 5.92 Å². The SMILES string of the molecule is O=C(Cc1ccc(C2CCNC2)cc1)OC1CCC(F)(F)CC1. The van der Waals surface area contributed by atoms with Gasteiger partial charge in [0.1, 0.15) is 6.10 Å². The van der Waals surface area contributed by atoms with Crippen LogP contribution in [0.25, 0.3) is 0 Å². The van der Waals surface area contributed by atoms with Gasteiger partial charge in [-0.25, -0.2) is 8.78 Å². The molecule has 0 spiro atoms. The molecule has 1 aromatic rings. The van der Waals surface area contributed by atoms with Gasteiger partial charge < -0.3 is 10.1 Å². The maximum Gasteiger partial charge on any atom is 0.310 e. The molecule has 2 fully saturated rings. The van der Waals surface area contributed by atoms with E-state index in [0.717, 1.165) is 25.1 Å². The van der Waals surface area contributed by atoms with Gasteiger partial charge in [0.25, 0.3) is 0 Å². The summed E-state index contributed by atoms with van der Waals surface area (Å²) in [5, 5.41) is 3.34. The number of halogens is 2. The number of esters is 1. The quantitative estimate of drug-likeness (QED) is 0.863. The monoisotopic (exact) mass is 323 g/mol. The highest BCUT2D eigenvalue weighted by Crippen LogP contribution is 2.34. The third-order valence-corrected chi connectivity index (χ3v) is 4.82. The van der Waals surface area contributed by atoms with Gasteiger partial charge in [-0.2, -0.15) is 0 Å². The van der Waals surface area contributed by atoms with Crippen molar-refractivity contribution < 1.29 is 18.3 Å². The lowest BCUT2D eigenvalue weighted by Gasteiger charge is -2.27. The molecule has 1 aromatic carbocycles. The van der Waals surface area contributed by atoms with E-state index in [1.165, 1.54) is 5.56 Å². The summed E-state index contributed by atoms with van der Waals surface area (Å²) in [6, 6.07) is 8.07. The highest BCUT2D eigenvalue weighted by atomic mass is 19.3. The number of nitrogens with one attached hydrogen (secondary N) is 1. The Morgan fingerprint density at radius 3 is 2.48 bits per heavy atom.